The predicted molar refractivity (Wildman–Crippen MR) is 117 cm³/mol. The van der Waals surface area contributed by atoms with Gasteiger partial charge in [0.15, 0.2) is 0 Å². The Morgan fingerprint density at radius 1 is 1.17 bits per heavy atom. The lowest BCUT2D eigenvalue weighted by Crippen LogP contribution is -2.31. The van der Waals surface area contributed by atoms with Gasteiger partial charge in [0.1, 0.15) is 11.6 Å². The second-order valence-corrected chi connectivity index (χ2v) is 7.72. The molecule has 0 radical (unpaired) electrons. The molecular weight excluding hydrogens is 401 g/mol. The van der Waals surface area contributed by atoms with Crippen LogP contribution >= 0.6 is 11.5 Å². The highest BCUT2D eigenvalue weighted by molar-refractivity contribution is 7.09. The second kappa shape index (κ2) is 11.3. The Balaban J connectivity index is 1.55. The Morgan fingerprint density at radius 2 is 2.00 bits per heavy atom. The van der Waals surface area contributed by atoms with Crippen LogP contribution in [0.2, 0.25) is 0 Å². The normalized spacial score (nSPS) is 10.7. The van der Waals surface area contributed by atoms with E-state index < -0.39 is 0 Å². The van der Waals surface area contributed by atoms with Crippen LogP contribution in [0.4, 0.5) is 9.52 Å². The van der Waals surface area contributed by atoms with Crippen LogP contribution in [-0.4, -0.2) is 33.3 Å². The molecular formula is C22H26FN5OS. The molecule has 0 saturated heterocycles. The third-order valence-electron chi connectivity index (χ3n) is 4.59. The molecule has 6 nitrogen and oxygen atoms in total. The maximum Gasteiger partial charge on any atom is 0.222 e. The summed E-state index contributed by atoms with van der Waals surface area (Å²) in [6.45, 7) is 3.97. The van der Waals surface area contributed by atoms with Gasteiger partial charge in [0.2, 0.25) is 11.0 Å². The molecule has 3 aromatic rings. The summed E-state index contributed by atoms with van der Waals surface area (Å²) in [4.78, 5) is 23.3. The van der Waals surface area contributed by atoms with Gasteiger partial charge in [-0.25, -0.2) is 9.37 Å². The average Bonchev–Trinajstić information content (AvgIpc) is 3.23. The summed E-state index contributed by atoms with van der Waals surface area (Å²) in [6, 6.07) is 12.0. The van der Waals surface area contributed by atoms with Gasteiger partial charge in [-0.3, -0.25) is 9.78 Å². The number of nitrogens with zero attached hydrogens (tertiary/aromatic N) is 4. The zero-order valence-corrected chi connectivity index (χ0v) is 17.9. The molecule has 0 unspecified atom stereocenters. The molecule has 0 aliphatic heterocycles. The molecule has 0 aliphatic carbocycles. The predicted octanol–water partition coefficient (Wildman–Crippen LogP) is 3.98. The maximum atomic E-state index is 13.1. The molecule has 3 rings (SSSR count). The SMILES string of the molecule is CCCCN(CCC(=O)NCc1ccccn1)c1nc(Cc2ccc(F)cc2)ns1. The van der Waals surface area contributed by atoms with E-state index in [9.17, 15) is 9.18 Å². The minimum absolute atomic E-state index is 0.0156. The number of carbonyl (C=O) groups is 1. The van der Waals surface area contributed by atoms with Crippen LogP contribution in [0.15, 0.2) is 48.7 Å². The number of amides is 1. The lowest BCUT2D eigenvalue weighted by Gasteiger charge is -2.20. The molecule has 1 N–H and O–H groups in total. The fraction of sp³-hybridized carbons (Fsp3) is 0.364. The van der Waals surface area contributed by atoms with Gasteiger partial charge in [0.25, 0.3) is 0 Å². The number of hydrogen-bond donors (Lipinski definition) is 1. The van der Waals surface area contributed by atoms with Crippen LogP contribution in [0, 0.1) is 5.82 Å². The molecule has 158 valence electrons. The number of hydrogen-bond acceptors (Lipinski definition) is 6. The maximum absolute atomic E-state index is 13.1. The standard InChI is InChI=1S/C22H26FN5OS/c1-2-3-13-28(14-11-21(29)25-16-19-6-4-5-12-24-19)22-26-20(27-30-22)15-17-7-9-18(23)10-8-17/h4-10,12H,2-3,11,13-16H2,1H3,(H,25,29). The zero-order valence-electron chi connectivity index (χ0n) is 17.1. The smallest absolute Gasteiger partial charge is 0.222 e. The molecule has 0 spiro atoms. The highest BCUT2D eigenvalue weighted by atomic mass is 32.1. The molecule has 2 aromatic heterocycles. The van der Waals surface area contributed by atoms with E-state index in [1.165, 1.54) is 23.7 Å². The van der Waals surface area contributed by atoms with Crippen molar-refractivity contribution in [1.82, 2.24) is 19.7 Å². The summed E-state index contributed by atoms with van der Waals surface area (Å²) in [5.74, 6) is 0.443. The number of nitrogens with one attached hydrogen (secondary N) is 1. The first-order chi connectivity index (χ1) is 14.6. The number of unbranched alkanes of at least 4 members (excludes halogenated alkanes) is 1. The molecule has 8 heteroatoms. The van der Waals surface area contributed by atoms with Crippen molar-refractivity contribution in [2.45, 2.75) is 39.2 Å². The Hall–Kier alpha value is -2.87. The number of halogens is 1. The molecule has 1 aromatic carbocycles. The Kier molecular flexibility index (Phi) is 8.26. The van der Waals surface area contributed by atoms with Crippen LogP contribution in [0.25, 0.3) is 0 Å². The third kappa shape index (κ3) is 6.88. The van der Waals surface area contributed by atoms with E-state index in [0.717, 1.165) is 35.8 Å². The minimum Gasteiger partial charge on any atom is -0.350 e. The van der Waals surface area contributed by atoms with Gasteiger partial charge in [-0.1, -0.05) is 31.5 Å². The molecule has 0 atom stereocenters. The van der Waals surface area contributed by atoms with Crippen molar-refractivity contribution in [1.29, 1.82) is 0 Å². The average molecular weight is 428 g/mol. The van der Waals surface area contributed by atoms with Gasteiger partial charge in [-0.15, -0.1) is 0 Å². The summed E-state index contributed by atoms with van der Waals surface area (Å²) in [7, 11) is 0. The largest absolute Gasteiger partial charge is 0.350 e. The van der Waals surface area contributed by atoms with Crippen LogP contribution < -0.4 is 10.2 Å². The molecule has 1 amide bonds. The van der Waals surface area contributed by atoms with E-state index in [1.54, 1.807) is 18.3 Å². The van der Waals surface area contributed by atoms with Crippen molar-refractivity contribution in [3.8, 4) is 0 Å². The Bertz CT molecular complexity index is 917. The summed E-state index contributed by atoms with van der Waals surface area (Å²) < 4.78 is 17.5. The lowest BCUT2D eigenvalue weighted by molar-refractivity contribution is -0.121. The van der Waals surface area contributed by atoms with Gasteiger partial charge >= 0.3 is 0 Å². The van der Waals surface area contributed by atoms with E-state index in [4.69, 9.17) is 0 Å². The number of pyridine rings is 1. The second-order valence-electron chi connectivity index (χ2n) is 6.98. The van der Waals surface area contributed by atoms with E-state index >= 15 is 0 Å². The van der Waals surface area contributed by atoms with Crippen molar-refractivity contribution in [3.05, 3.63) is 71.6 Å². The Morgan fingerprint density at radius 3 is 2.73 bits per heavy atom. The monoisotopic (exact) mass is 427 g/mol. The first-order valence-corrected chi connectivity index (χ1v) is 10.9. The summed E-state index contributed by atoms with van der Waals surface area (Å²) in [5, 5.41) is 3.73. The van der Waals surface area contributed by atoms with E-state index in [0.29, 0.717) is 31.8 Å². The van der Waals surface area contributed by atoms with E-state index in [-0.39, 0.29) is 11.7 Å². The van der Waals surface area contributed by atoms with Gasteiger partial charge in [0.05, 0.1) is 12.2 Å². The summed E-state index contributed by atoms with van der Waals surface area (Å²) >= 11 is 1.34. The minimum atomic E-state index is -0.252. The fourth-order valence-electron chi connectivity index (χ4n) is 2.90. The molecule has 2 heterocycles. The van der Waals surface area contributed by atoms with Crippen molar-refractivity contribution < 1.29 is 9.18 Å². The van der Waals surface area contributed by atoms with Crippen molar-refractivity contribution in [3.63, 3.8) is 0 Å². The van der Waals surface area contributed by atoms with Crippen molar-refractivity contribution >= 4 is 22.6 Å². The first kappa shape index (κ1) is 21.8. The summed E-state index contributed by atoms with van der Waals surface area (Å²) in [5.41, 5.74) is 1.80. The van der Waals surface area contributed by atoms with Crippen LogP contribution in [-0.2, 0) is 17.8 Å². The zero-order chi connectivity index (χ0) is 21.2. The number of aromatic nitrogens is 3. The van der Waals surface area contributed by atoms with E-state index in [1.807, 2.05) is 18.2 Å². The van der Waals surface area contributed by atoms with Crippen LogP contribution in [0.5, 0.6) is 0 Å². The quantitative estimate of drug-likeness (QED) is 0.501. The number of rotatable bonds is 11. The number of carbonyl (C=O) groups excluding carboxylic acids is 1. The van der Waals surface area contributed by atoms with E-state index in [2.05, 4.69) is 31.5 Å². The highest BCUT2D eigenvalue weighted by Crippen LogP contribution is 2.20. The van der Waals surface area contributed by atoms with Crippen molar-refractivity contribution in [2.24, 2.45) is 0 Å². The van der Waals surface area contributed by atoms with Gasteiger partial charge in [0, 0.05) is 43.7 Å². The first-order valence-electron chi connectivity index (χ1n) is 10.1. The molecule has 0 fully saturated rings. The summed E-state index contributed by atoms with van der Waals surface area (Å²) in [6.07, 6.45) is 4.73. The number of anilines is 1. The fourth-order valence-corrected chi connectivity index (χ4v) is 3.64. The Labute approximate surface area is 180 Å². The molecule has 30 heavy (non-hydrogen) atoms. The van der Waals surface area contributed by atoms with Gasteiger partial charge < -0.3 is 10.2 Å². The van der Waals surface area contributed by atoms with Crippen LogP contribution in [0.1, 0.15) is 43.3 Å². The molecule has 0 bridgehead atoms. The lowest BCUT2D eigenvalue weighted by atomic mass is 10.1. The molecule has 0 saturated carbocycles. The van der Waals surface area contributed by atoms with Crippen LogP contribution in [0.3, 0.4) is 0 Å². The third-order valence-corrected chi connectivity index (χ3v) is 5.40. The topological polar surface area (TPSA) is 71.0 Å². The van der Waals surface area contributed by atoms with Gasteiger partial charge in [-0.2, -0.15) is 4.37 Å². The molecule has 0 aliphatic rings. The number of benzene rings is 1. The van der Waals surface area contributed by atoms with Crippen molar-refractivity contribution in [2.75, 3.05) is 18.0 Å². The van der Waals surface area contributed by atoms with Gasteiger partial charge in [-0.05, 0) is 36.2 Å². The highest BCUT2D eigenvalue weighted by Gasteiger charge is 2.14.